The number of nitrogens with zero attached hydrogens (tertiary/aromatic N) is 1. The first-order valence-electron chi connectivity index (χ1n) is 10.2. The molecule has 1 saturated heterocycles. The fourth-order valence-electron chi connectivity index (χ4n) is 3.20. The van der Waals surface area contributed by atoms with Crippen molar-refractivity contribution in [3.8, 4) is 5.75 Å². The molecule has 1 heterocycles. The van der Waals surface area contributed by atoms with Gasteiger partial charge in [0, 0.05) is 11.1 Å². The molecule has 5 nitrogen and oxygen atoms in total. The number of ketones is 1. The molecule has 1 aliphatic heterocycles. The van der Waals surface area contributed by atoms with Gasteiger partial charge in [0.2, 0.25) is 0 Å². The van der Waals surface area contributed by atoms with E-state index < -0.39 is 11.1 Å². The number of hydrogen-bond donors (Lipinski definition) is 0. The lowest BCUT2D eigenvalue weighted by molar-refractivity contribution is -0.122. The zero-order chi connectivity index (χ0) is 23.4. The van der Waals surface area contributed by atoms with E-state index >= 15 is 0 Å². The molecule has 0 atom stereocenters. The van der Waals surface area contributed by atoms with Gasteiger partial charge in [0.15, 0.2) is 5.78 Å². The Labute approximate surface area is 194 Å². The first-order chi connectivity index (χ1) is 15.9. The van der Waals surface area contributed by atoms with Crippen LogP contribution in [-0.4, -0.2) is 28.4 Å². The average molecular weight is 462 g/mol. The summed E-state index contributed by atoms with van der Waals surface area (Å²) in [5, 5.41) is -0.475. The number of carbonyl (C=O) groups is 3. The highest BCUT2D eigenvalue weighted by atomic mass is 32.2. The number of thioether (sulfide) groups is 1. The van der Waals surface area contributed by atoms with Crippen LogP contribution in [0.3, 0.4) is 0 Å². The van der Waals surface area contributed by atoms with Crippen molar-refractivity contribution in [2.24, 2.45) is 0 Å². The van der Waals surface area contributed by atoms with E-state index in [1.807, 2.05) is 19.1 Å². The lowest BCUT2D eigenvalue weighted by Gasteiger charge is -2.11. The van der Waals surface area contributed by atoms with Crippen molar-refractivity contribution in [2.45, 2.75) is 13.5 Å². The van der Waals surface area contributed by atoms with Gasteiger partial charge < -0.3 is 4.74 Å². The Morgan fingerprint density at radius 3 is 2.39 bits per heavy atom. The molecule has 0 bridgehead atoms. The summed E-state index contributed by atoms with van der Waals surface area (Å²) in [6.07, 6.45) is 1.60. The number of ether oxygens (including phenoxy) is 1. The van der Waals surface area contributed by atoms with Crippen LogP contribution in [0, 0.1) is 12.7 Å². The van der Waals surface area contributed by atoms with Crippen LogP contribution in [-0.2, 0) is 11.4 Å². The smallest absolute Gasteiger partial charge is 0.293 e. The van der Waals surface area contributed by atoms with E-state index in [0.29, 0.717) is 22.4 Å². The van der Waals surface area contributed by atoms with Gasteiger partial charge in [-0.2, -0.15) is 0 Å². The van der Waals surface area contributed by atoms with Gasteiger partial charge in [0.1, 0.15) is 18.2 Å². The lowest BCUT2D eigenvalue weighted by atomic mass is 10.1. The van der Waals surface area contributed by atoms with Crippen molar-refractivity contribution >= 4 is 34.8 Å². The second-order valence-corrected chi connectivity index (χ2v) is 8.50. The molecule has 166 valence electrons. The first-order valence-corrected chi connectivity index (χ1v) is 11.0. The van der Waals surface area contributed by atoms with Crippen molar-refractivity contribution < 1.29 is 23.5 Å². The topological polar surface area (TPSA) is 63.7 Å². The van der Waals surface area contributed by atoms with Crippen molar-refractivity contribution in [1.29, 1.82) is 0 Å². The van der Waals surface area contributed by atoms with Gasteiger partial charge in [-0.3, -0.25) is 19.3 Å². The molecule has 33 heavy (non-hydrogen) atoms. The standard InChI is InChI=1S/C26H20FNO4S/c1-17-6-10-19(11-7-17)23(29)15-28-25(30)24(33-26(28)31)14-18-8-12-21(13-9-18)32-16-20-4-2-3-5-22(20)27/h2-14H,15-16H2,1H3. The highest BCUT2D eigenvalue weighted by Crippen LogP contribution is 2.32. The third-order valence-corrected chi connectivity index (χ3v) is 5.99. The van der Waals surface area contributed by atoms with Crippen molar-refractivity contribution in [3.05, 3.63) is 106 Å². The van der Waals surface area contributed by atoms with Crippen LogP contribution >= 0.6 is 11.8 Å². The van der Waals surface area contributed by atoms with E-state index in [9.17, 15) is 18.8 Å². The van der Waals surface area contributed by atoms with Gasteiger partial charge in [-0.25, -0.2) is 4.39 Å². The lowest BCUT2D eigenvalue weighted by Crippen LogP contribution is -2.33. The quantitative estimate of drug-likeness (QED) is 0.337. The van der Waals surface area contributed by atoms with Gasteiger partial charge in [-0.15, -0.1) is 0 Å². The fourth-order valence-corrected chi connectivity index (χ4v) is 4.04. The summed E-state index contributed by atoms with van der Waals surface area (Å²) >= 11 is 0.803. The normalized spacial score (nSPS) is 14.7. The Morgan fingerprint density at radius 1 is 1.00 bits per heavy atom. The molecule has 0 aromatic heterocycles. The van der Waals surface area contributed by atoms with E-state index in [4.69, 9.17) is 4.74 Å². The maximum Gasteiger partial charge on any atom is 0.293 e. The maximum atomic E-state index is 13.7. The molecule has 1 fully saturated rings. The molecule has 1 aliphatic rings. The van der Waals surface area contributed by atoms with Crippen molar-refractivity contribution in [1.82, 2.24) is 4.90 Å². The molecular weight excluding hydrogens is 441 g/mol. The first kappa shape index (κ1) is 22.5. The van der Waals surface area contributed by atoms with Gasteiger partial charge in [0.05, 0.1) is 11.4 Å². The van der Waals surface area contributed by atoms with Crippen molar-refractivity contribution in [3.63, 3.8) is 0 Å². The third-order valence-electron chi connectivity index (χ3n) is 5.08. The molecule has 7 heteroatoms. The van der Waals surface area contributed by atoms with Crippen molar-refractivity contribution in [2.75, 3.05) is 6.54 Å². The van der Waals surface area contributed by atoms with Crippen LogP contribution < -0.4 is 4.74 Å². The SMILES string of the molecule is Cc1ccc(C(=O)CN2C(=O)SC(=Cc3ccc(OCc4ccccc4F)cc3)C2=O)cc1. The Kier molecular flexibility index (Phi) is 6.70. The number of hydrogen-bond acceptors (Lipinski definition) is 5. The molecule has 3 aromatic carbocycles. The van der Waals surface area contributed by atoms with E-state index in [1.165, 1.54) is 6.07 Å². The third kappa shape index (κ3) is 5.38. The Morgan fingerprint density at radius 2 is 1.70 bits per heavy atom. The average Bonchev–Trinajstić information content (AvgIpc) is 3.07. The predicted molar refractivity (Wildman–Crippen MR) is 125 cm³/mol. The van der Waals surface area contributed by atoms with Gasteiger partial charge in [-0.05, 0) is 48.5 Å². The minimum Gasteiger partial charge on any atom is -0.489 e. The number of carbonyl (C=O) groups excluding carboxylic acids is 3. The Bertz CT molecular complexity index is 1240. The summed E-state index contributed by atoms with van der Waals surface area (Å²) in [5.74, 6) is -0.571. The number of Topliss-reactive ketones (excluding diaryl/α,β-unsaturated/α-hetero) is 1. The second kappa shape index (κ2) is 9.83. The molecule has 4 rings (SSSR count). The van der Waals surface area contributed by atoms with E-state index in [2.05, 4.69) is 0 Å². The number of aryl methyl sites for hydroxylation is 1. The van der Waals surface area contributed by atoms with Gasteiger partial charge in [-0.1, -0.05) is 60.2 Å². The monoisotopic (exact) mass is 461 g/mol. The summed E-state index contributed by atoms with van der Waals surface area (Å²) in [5.41, 5.74) is 2.62. The van der Waals surface area contributed by atoms with Crippen LogP contribution in [0.5, 0.6) is 5.75 Å². The summed E-state index contributed by atoms with van der Waals surface area (Å²) < 4.78 is 19.3. The van der Waals surface area contributed by atoms with Gasteiger partial charge in [0.25, 0.3) is 11.1 Å². The van der Waals surface area contributed by atoms with Crippen LogP contribution in [0.25, 0.3) is 6.08 Å². The van der Waals surface area contributed by atoms with E-state index in [-0.39, 0.29) is 29.7 Å². The summed E-state index contributed by atoms with van der Waals surface area (Å²) in [4.78, 5) is 38.7. The van der Waals surface area contributed by atoms with E-state index in [1.54, 1.807) is 60.7 Å². The van der Waals surface area contributed by atoms with Crippen LogP contribution in [0.1, 0.15) is 27.0 Å². The highest BCUT2D eigenvalue weighted by molar-refractivity contribution is 8.18. The molecule has 0 spiro atoms. The fraction of sp³-hybridized carbons (Fsp3) is 0.115. The molecular formula is C26H20FNO4S. The minimum absolute atomic E-state index is 0.0971. The molecule has 0 saturated carbocycles. The number of benzene rings is 3. The van der Waals surface area contributed by atoms with Gasteiger partial charge >= 0.3 is 0 Å². The largest absolute Gasteiger partial charge is 0.489 e. The summed E-state index contributed by atoms with van der Waals surface area (Å²) in [6.45, 7) is 1.71. The molecule has 0 radical (unpaired) electrons. The second-order valence-electron chi connectivity index (χ2n) is 7.51. The number of imide groups is 1. The van der Waals surface area contributed by atoms with Crippen LogP contribution in [0.2, 0.25) is 0 Å². The number of halogens is 1. The Hall–Kier alpha value is -3.71. The van der Waals surface area contributed by atoms with Crippen LogP contribution in [0.15, 0.2) is 77.7 Å². The highest BCUT2D eigenvalue weighted by Gasteiger charge is 2.36. The maximum absolute atomic E-state index is 13.7. The summed E-state index contributed by atoms with van der Waals surface area (Å²) in [7, 11) is 0. The van der Waals surface area contributed by atoms with Crippen LogP contribution in [0.4, 0.5) is 9.18 Å². The molecule has 0 unspecified atom stereocenters. The molecule has 3 aromatic rings. The number of amides is 2. The predicted octanol–water partition coefficient (Wildman–Crippen LogP) is 5.63. The zero-order valence-corrected chi connectivity index (χ0v) is 18.6. The minimum atomic E-state index is -0.495. The Balaban J connectivity index is 1.40. The summed E-state index contributed by atoms with van der Waals surface area (Å²) in [6, 6.07) is 20.3. The molecule has 0 N–H and O–H groups in total. The number of rotatable bonds is 7. The van der Waals surface area contributed by atoms with E-state index in [0.717, 1.165) is 22.2 Å². The molecule has 0 aliphatic carbocycles. The zero-order valence-electron chi connectivity index (χ0n) is 17.8. The molecule has 2 amide bonds.